The summed E-state index contributed by atoms with van der Waals surface area (Å²) in [5.41, 5.74) is 0.906. The molecule has 0 fully saturated rings. The number of thioether (sulfide) groups is 2. The highest BCUT2D eigenvalue weighted by molar-refractivity contribution is 7.99. The van der Waals surface area contributed by atoms with Crippen molar-refractivity contribution in [3.63, 3.8) is 0 Å². The zero-order valence-corrected chi connectivity index (χ0v) is 14.5. The van der Waals surface area contributed by atoms with E-state index in [-0.39, 0.29) is 11.3 Å². The van der Waals surface area contributed by atoms with E-state index >= 15 is 0 Å². The Labute approximate surface area is 134 Å². The third kappa shape index (κ3) is 3.44. The molecule has 0 aromatic carbocycles. The summed E-state index contributed by atoms with van der Waals surface area (Å²) in [5, 5.41) is 9.99. The molecule has 2 rings (SSSR count). The third-order valence-corrected chi connectivity index (χ3v) is 5.75. The lowest BCUT2D eigenvalue weighted by molar-refractivity contribution is -0.133. The van der Waals surface area contributed by atoms with Gasteiger partial charge in [-0.25, -0.2) is 4.98 Å². The van der Waals surface area contributed by atoms with Crippen LogP contribution in [0, 0.1) is 13.8 Å². The molecule has 0 aliphatic carbocycles. The predicted molar refractivity (Wildman–Crippen MR) is 90.1 cm³/mol. The maximum Gasteiger partial charge on any atom is 0.313 e. The first-order valence-electron chi connectivity index (χ1n) is 6.29. The van der Waals surface area contributed by atoms with Gasteiger partial charge in [-0.05, 0) is 25.7 Å². The molecule has 2 aromatic heterocycles. The Morgan fingerprint density at radius 1 is 1.43 bits per heavy atom. The van der Waals surface area contributed by atoms with Crippen LogP contribution in [0.5, 0.6) is 0 Å². The Morgan fingerprint density at radius 3 is 2.76 bits per heavy atom. The van der Waals surface area contributed by atoms with Crippen LogP contribution >= 0.6 is 34.9 Å². The Morgan fingerprint density at radius 2 is 2.14 bits per heavy atom. The molecule has 114 valence electrons. The van der Waals surface area contributed by atoms with Gasteiger partial charge in [-0.1, -0.05) is 11.8 Å². The van der Waals surface area contributed by atoms with Crippen LogP contribution in [0.3, 0.4) is 0 Å². The Balaban J connectivity index is 2.58. The van der Waals surface area contributed by atoms with E-state index in [4.69, 9.17) is 5.11 Å². The molecule has 0 atom stereocenters. The molecule has 21 heavy (non-hydrogen) atoms. The average Bonchev–Trinajstić information content (AvgIpc) is 2.71. The summed E-state index contributed by atoms with van der Waals surface area (Å²) in [4.78, 5) is 29.7. The number of hydrogen-bond donors (Lipinski definition) is 1. The summed E-state index contributed by atoms with van der Waals surface area (Å²) < 4.78 is 1.60. The van der Waals surface area contributed by atoms with Crippen molar-refractivity contribution in [2.24, 2.45) is 0 Å². The smallest absolute Gasteiger partial charge is 0.313 e. The van der Waals surface area contributed by atoms with Crippen LogP contribution in [-0.2, 0) is 11.3 Å². The van der Waals surface area contributed by atoms with Crippen molar-refractivity contribution in [2.45, 2.75) is 25.5 Å². The minimum absolute atomic E-state index is 0.0659. The minimum atomic E-state index is -0.913. The molecule has 2 aromatic rings. The van der Waals surface area contributed by atoms with Crippen LogP contribution in [0.15, 0.2) is 9.95 Å². The van der Waals surface area contributed by atoms with Gasteiger partial charge < -0.3 is 5.11 Å². The van der Waals surface area contributed by atoms with Gasteiger partial charge in [0.05, 0.1) is 11.1 Å². The zero-order chi connectivity index (χ0) is 15.6. The summed E-state index contributed by atoms with van der Waals surface area (Å²) in [6.07, 6.45) is 1.97. The SMILES string of the molecule is CSCCn1c(SCC(=O)O)nc2sc(C)c(C)c2c1=O. The summed E-state index contributed by atoms with van der Waals surface area (Å²) in [5.74, 6) is -0.222. The fourth-order valence-electron chi connectivity index (χ4n) is 1.92. The second-order valence-corrected chi connectivity index (χ2v) is 7.62. The molecule has 0 aliphatic rings. The number of aryl methyl sites for hydroxylation is 2. The lowest BCUT2D eigenvalue weighted by Gasteiger charge is -2.10. The molecule has 0 aliphatic heterocycles. The number of fused-ring (bicyclic) bond motifs is 1. The summed E-state index contributed by atoms with van der Waals surface area (Å²) in [7, 11) is 0. The van der Waals surface area contributed by atoms with Crippen molar-refractivity contribution in [1.29, 1.82) is 0 Å². The predicted octanol–water partition coefficient (Wildman–Crippen LogP) is 2.61. The number of thiophene rings is 1. The normalized spacial score (nSPS) is 11.2. The van der Waals surface area contributed by atoms with Gasteiger partial charge in [-0.3, -0.25) is 14.2 Å². The Hall–Kier alpha value is -0.990. The van der Waals surface area contributed by atoms with Crippen molar-refractivity contribution in [3.8, 4) is 0 Å². The van der Waals surface area contributed by atoms with E-state index in [1.165, 1.54) is 11.3 Å². The van der Waals surface area contributed by atoms with Gasteiger partial charge in [0.15, 0.2) is 5.16 Å². The lowest BCUT2D eigenvalue weighted by atomic mass is 10.2. The second kappa shape index (κ2) is 6.85. The van der Waals surface area contributed by atoms with Crippen molar-refractivity contribution in [3.05, 3.63) is 20.8 Å². The van der Waals surface area contributed by atoms with Crippen LogP contribution in [0.25, 0.3) is 10.2 Å². The topological polar surface area (TPSA) is 72.2 Å². The summed E-state index contributed by atoms with van der Waals surface area (Å²) in [6, 6.07) is 0. The van der Waals surface area contributed by atoms with E-state index in [0.29, 0.717) is 21.9 Å². The van der Waals surface area contributed by atoms with Crippen molar-refractivity contribution >= 4 is 51.0 Å². The molecule has 0 amide bonds. The van der Waals surface area contributed by atoms with Gasteiger partial charge in [0.1, 0.15) is 4.83 Å². The molecule has 0 unspecified atom stereocenters. The van der Waals surface area contributed by atoms with Crippen molar-refractivity contribution in [2.75, 3.05) is 17.8 Å². The number of aliphatic carboxylic acids is 1. The lowest BCUT2D eigenvalue weighted by Crippen LogP contribution is -2.24. The monoisotopic (exact) mass is 344 g/mol. The summed E-state index contributed by atoms with van der Waals surface area (Å²) in [6.45, 7) is 4.44. The molecular weight excluding hydrogens is 328 g/mol. The number of nitrogens with zero attached hydrogens (tertiary/aromatic N) is 2. The van der Waals surface area contributed by atoms with Crippen LogP contribution in [0.1, 0.15) is 10.4 Å². The average molecular weight is 344 g/mol. The minimum Gasteiger partial charge on any atom is -0.481 e. The first-order chi connectivity index (χ1) is 9.95. The highest BCUT2D eigenvalue weighted by Gasteiger charge is 2.17. The van der Waals surface area contributed by atoms with Crippen LogP contribution < -0.4 is 5.56 Å². The Bertz CT molecular complexity index is 736. The third-order valence-electron chi connectivity index (χ3n) is 3.10. The summed E-state index contributed by atoms with van der Waals surface area (Å²) >= 11 is 4.23. The van der Waals surface area contributed by atoms with Gasteiger partial charge in [-0.2, -0.15) is 11.8 Å². The maximum absolute atomic E-state index is 12.7. The van der Waals surface area contributed by atoms with Crippen molar-refractivity contribution < 1.29 is 9.90 Å². The molecule has 2 heterocycles. The van der Waals surface area contributed by atoms with Crippen LogP contribution in [-0.4, -0.2) is 38.4 Å². The molecule has 0 saturated heterocycles. The molecule has 0 bridgehead atoms. The van der Waals surface area contributed by atoms with E-state index in [0.717, 1.165) is 28.0 Å². The van der Waals surface area contributed by atoms with Gasteiger partial charge in [-0.15, -0.1) is 11.3 Å². The molecular formula is C13H16N2O3S3. The van der Waals surface area contributed by atoms with Gasteiger partial charge in [0, 0.05) is 17.2 Å². The molecule has 0 spiro atoms. The van der Waals surface area contributed by atoms with Crippen LogP contribution in [0.4, 0.5) is 0 Å². The highest BCUT2D eigenvalue weighted by Crippen LogP contribution is 2.28. The number of hydrogen-bond acceptors (Lipinski definition) is 6. The Kier molecular flexibility index (Phi) is 5.34. The number of rotatable bonds is 6. The van der Waals surface area contributed by atoms with E-state index < -0.39 is 5.97 Å². The zero-order valence-electron chi connectivity index (χ0n) is 12.0. The first kappa shape index (κ1) is 16.4. The van der Waals surface area contributed by atoms with E-state index in [1.54, 1.807) is 16.3 Å². The van der Waals surface area contributed by atoms with Gasteiger partial charge in [0.2, 0.25) is 0 Å². The first-order valence-corrected chi connectivity index (χ1v) is 9.49. The van der Waals surface area contributed by atoms with Gasteiger partial charge >= 0.3 is 5.97 Å². The number of aromatic nitrogens is 2. The molecule has 0 radical (unpaired) electrons. The number of carbonyl (C=O) groups is 1. The van der Waals surface area contributed by atoms with E-state index in [2.05, 4.69) is 4.98 Å². The fourth-order valence-corrected chi connectivity index (χ4v) is 4.11. The fraction of sp³-hybridized carbons (Fsp3) is 0.462. The molecule has 0 saturated carbocycles. The molecule has 1 N–H and O–H groups in total. The quantitative estimate of drug-likeness (QED) is 0.641. The standard InChI is InChI=1S/C13H16N2O3S3/c1-7-8(2)21-11-10(7)12(18)15(4-5-19-3)13(14-11)20-6-9(16)17/h4-6H2,1-3H3,(H,16,17). The number of carboxylic acid groups (broad SMARTS) is 1. The van der Waals surface area contributed by atoms with E-state index in [1.807, 2.05) is 20.1 Å². The van der Waals surface area contributed by atoms with E-state index in [9.17, 15) is 9.59 Å². The van der Waals surface area contributed by atoms with Gasteiger partial charge in [0.25, 0.3) is 5.56 Å². The molecule has 5 nitrogen and oxygen atoms in total. The highest BCUT2D eigenvalue weighted by atomic mass is 32.2. The largest absolute Gasteiger partial charge is 0.481 e. The van der Waals surface area contributed by atoms with Crippen molar-refractivity contribution in [1.82, 2.24) is 9.55 Å². The maximum atomic E-state index is 12.7. The second-order valence-electron chi connectivity index (χ2n) is 4.49. The van der Waals surface area contributed by atoms with Crippen LogP contribution in [0.2, 0.25) is 0 Å². The molecule has 8 heteroatoms. The number of carboxylic acids is 1.